The zero-order valence-electron chi connectivity index (χ0n) is 9.46. The number of hydrogen-bond donors (Lipinski definition) is 1. The standard InChI is InChI=1S/C12H15NO4/c14-8(15)3-4-13-11(16)9-6-1-2-7(5-6)10(9)12(13)17/h6-7,9-10H,1-5H2,(H,14,15)/t6-,7-,9-,10+/m1/s1. The number of rotatable bonds is 3. The number of carboxylic acids is 1. The maximum Gasteiger partial charge on any atom is 0.305 e. The molecule has 5 heteroatoms. The van der Waals surface area contributed by atoms with Crippen molar-refractivity contribution in [3.8, 4) is 0 Å². The molecule has 2 aliphatic carbocycles. The molecule has 2 bridgehead atoms. The molecule has 3 aliphatic rings. The summed E-state index contributed by atoms with van der Waals surface area (Å²) in [7, 11) is 0. The average molecular weight is 237 g/mol. The molecule has 1 saturated heterocycles. The average Bonchev–Trinajstić information content (AvgIpc) is 2.92. The smallest absolute Gasteiger partial charge is 0.305 e. The summed E-state index contributed by atoms with van der Waals surface area (Å²) in [6, 6.07) is 0. The van der Waals surface area contributed by atoms with E-state index in [1.54, 1.807) is 0 Å². The molecule has 3 rings (SSSR count). The van der Waals surface area contributed by atoms with Gasteiger partial charge in [-0.05, 0) is 31.1 Å². The first kappa shape index (κ1) is 10.7. The first-order valence-electron chi connectivity index (χ1n) is 6.16. The van der Waals surface area contributed by atoms with Gasteiger partial charge in [0.05, 0.1) is 18.3 Å². The lowest BCUT2D eigenvalue weighted by atomic mass is 9.81. The fourth-order valence-electron chi connectivity index (χ4n) is 3.90. The number of hydrogen-bond acceptors (Lipinski definition) is 3. The normalized spacial score (nSPS) is 38.9. The van der Waals surface area contributed by atoms with E-state index in [2.05, 4.69) is 0 Å². The van der Waals surface area contributed by atoms with Crippen LogP contribution in [0.3, 0.4) is 0 Å². The van der Waals surface area contributed by atoms with Crippen LogP contribution in [-0.4, -0.2) is 34.3 Å². The van der Waals surface area contributed by atoms with E-state index in [1.807, 2.05) is 0 Å². The minimum Gasteiger partial charge on any atom is -0.481 e. The van der Waals surface area contributed by atoms with E-state index >= 15 is 0 Å². The van der Waals surface area contributed by atoms with Gasteiger partial charge in [-0.3, -0.25) is 19.3 Å². The molecule has 0 aromatic heterocycles. The first-order chi connectivity index (χ1) is 8.09. The number of nitrogens with zero attached hydrogens (tertiary/aromatic N) is 1. The second-order valence-electron chi connectivity index (χ2n) is 5.36. The highest BCUT2D eigenvalue weighted by atomic mass is 16.4. The molecule has 92 valence electrons. The van der Waals surface area contributed by atoms with Crippen molar-refractivity contribution in [3.05, 3.63) is 0 Å². The zero-order chi connectivity index (χ0) is 12.2. The Balaban J connectivity index is 1.78. The highest BCUT2D eigenvalue weighted by Crippen LogP contribution is 2.56. The van der Waals surface area contributed by atoms with Crippen LogP contribution < -0.4 is 0 Å². The lowest BCUT2D eigenvalue weighted by molar-refractivity contribution is -0.142. The Labute approximate surface area is 98.8 Å². The maximum atomic E-state index is 12.1. The van der Waals surface area contributed by atoms with Gasteiger partial charge in [-0.2, -0.15) is 0 Å². The predicted molar refractivity (Wildman–Crippen MR) is 56.8 cm³/mol. The van der Waals surface area contributed by atoms with Crippen LogP contribution in [0, 0.1) is 23.7 Å². The van der Waals surface area contributed by atoms with Crippen LogP contribution in [-0.2, 0) is 14.4 Å². The molecule has 17 heavy (non-hydrogen) atoms. The fraction of sp³-hybridized carbons (Fsp3) is 0.750. The Hall–Kier alpha value is -1.39. The topological polar surface area (TPSA) is 74.7 Å². The van der Waals surface area contributed by atoms with Crippen molar-refractivity contribution in [2.75, 3.05) is 6.54 Å². The molecule has 1 N–H and O–H groups in total. The summed E-state index contributed by atoms with van der Waals surface area (Å²) in [6.07, 6.45) is 2.97. The number of likely N-dealkylation sites (tertiary alicyclic amines) is 1. The van der Waals surface area contributed by atoms with E-state index < -0.39 is 5.97 Å². The molecule has 0 unspecified atom stereocenters. The molecule has 0 radical (unpaired) electrons. The van der Waals surface area contributed by atoms with Crippen LogP contribution in [0.15, 0.2) is 0 Å². The highest BCUT2D eigenvalue weighted by molar-refractivity contribution is 6.06. The van der Waals surface area contributed by atoms with E-state index in [9.17, 15) is 14.4 Å². The van der Waals surface area contributed by atoms with Crippen molar-refractivity contribution in [2.24, 2.45) is 23.7 Å². The van der Waals surface area contributed by atoms with Crippen molar-refractivity contribution >= 4 is 17.8 Å². The Bertz CT molecular complexity index is 377. The van der Waals surface area contributed by atoms with Crippen LogP contribution in [0.1, 0.15) is 25.7 Å². The summed E-state index contributed by atoms with van der Waals surface area (Å²) < 4.78 is 0. The Kier molecular flexibility index (Phi) is 2.24. The predicted octanol–water partition coefficient (Wildman–Crippen LogP) is 0.492. The van der Waals surface area contributed by atoms with E-state index in [4.69, 9.17) is 5.11 Å². The molecule has 0 aromatic rings. The van der Waals surface area contributed by atoms with Crippen LogP contribution in [0.2, 0.25) is 0 Å². The molecule has 1 aliphatic heterocycles. The number of carbonyl (C=O) groups is 3. The number of amides is 2. The largest absolute Gasteiger partial charge is 0.481 e. The molecule has 5 nitrogen and oxygen atoms in total. The minimum atomic E-state index is -0.967. The zero-order valence-corrected chi connectivity index (χ0v) is 9.46. The van der Waals surface area contributed by atoms with Gasteiger partial charge in [0, 0.05) is 6.54 Å². The molecule has 0 spiro atoms. The van der Waals surface area contributed by atoms with E-state index in [0.717, 1.165) is 19.3 Å². The van der Waals surface area contributed by atoms with E-state index in [1.165, 1.54) is 4.90 Å². The van der Waals surface area contributed by atoms with E-state index in [-0.39, 0.29) is 36.6 Å². The molecular weight excluding hydrogens is 222 g/mol. The van der Waals surface area contributed by atoms with Gasteiger partial charge in [-0.25, -0.2) is 0 Å². The third-order valence-electron chi connectivity index (χ3n) is 4.57. The highest BCUT2D eigenvalue weighted by Gasteiger charge is 2.60. The van der Waals surface area contributed by atoms with Crippen molar-refractivity contribution in [1.29, 1.82) is 0 Å². The quantitative estimate of drug-likeness (QED) is 0.725. The lowest BCUT2D eigenvalue weighted by Gasteiger charge is -2.19. The molecule has 0 aromatic carbocycles. The first-order valence-corrected chi connectivity index (χ1v) is 6.16. The number of aliphatic carboxylic acids is 1. The third-order valence-corrected chi connectivity index (χ3v) is 4.57. The van der Waals surface area contributed by atoms with Gasteiger partial charge < -0.3 is 5.11 Å². The van der Waals surface area contributed by atoms with Crippen LogP contribution in [0.5, 0.6) is 0 Å². The van der Waals surface area contributed by atoms with Gasteiger partial charge in [-0.15, -0.1) is 0 Å². The summed E-state index contributed by atoms with van der Waals surface area (Å²) in [5, 5.41) is 8.62. The lowest BCUT2D eigenvalue weighted by Crippen LogP contribution is -2.34. The molecular formula is C12H15NO4. The fourth-order valence-corrected chi connectivity index (χ4v) is 3.90. The van der Waals surface area contributed by atoms with Gasteiger partial charge in [0.25, 0.3) is 0 Å². The Morgan fingerprint density at radius 2 is 1.71 bits per heavy atom. The number of carbonyl (C=O) groups excluding carboxylic acids is 2. The number of imide groups is 1. The number of fused-ring (bicyclic) bond motifs is 5. The van der Waals surface area contributed by atoms with Gasteiger partial charge in [0.15, 0.2) is 0 Å². The third kappa shape index (κ3) is 1.41. The summed E-state index contributed by atoms with van der Waals surface area (Å²) in [5.41, 5.74) is 0. The van der Waals surface area contributed by atoms with Crippen molar-refractivity contribution in [1.82, 2.24) is 4.90 Å². The van der Waals surface area contributed by atoms with Crippen molar-refractivity contribution < 1.29 is 19.5 Å². The summed E-state index contributed by atoms with van der Waals surface area (Å²) in [4.78, 5) is 35.9. The molecule has 4 atom stereocenters. The van der Waals surface area contributed by atoms with Crippen LogP contribution in [0.25, 0.3) is 0 Å². The molecule has 2 saturated carbocycles. The SMILES string of the molecule is O=C(O)CCN1C(=O)[C@@H]2[C@@H]3CC[C@H](C3)[C@@H]2C1=O. The summed E-state index contributed by atoms with van der Waals surface area (Å²) in [5.74, 6) is -0.717. The van der Waals surface area contributed by atoms with Gasteiger partial charge in [0.1, 0.15) is 0 Å². The van der Waals surface area contributed by atoms with Gasteiger partial charge in [-0.1, -0.05) is 0 Å². The summed E-state index contributed by atoms with van der Waals surface area (Å²) >= 11 is 0. The van der Waals surface area contributed by atoms with Crippen LogP contribution in [0.4, 0.5) is 0 Å². The second kappa shape index (κ2) is 3.55. The summed E-state index contributed by atoms with van der Waals surface area (Å²) in [6.45, 7) is 0.0411. The molecule has 3 fully saturated rings. The van der Waals surface area contributed by atoms with Gasteiger partial charge >= 0.3 is 5.97 Å². The second-order valence-corrected chi connectivity index (χ2v) is 5.36. The van der Waals surface area contributed by atoms with E-state index in [0.29, 0.717) is 11.8 Å². The number of carboxylic acid groups (broad SMARTS) is 1. The molecule has 2 amide bonds. The van der Waals surface area contributed by atoms with Crippen molar-refractivity contribution in [2.45, 2.75) is 25.7 Å². The Morgan fingerprint density at radius 1 is 1.18 bits per heavy atom. The van der Waals surface area contributed by atoms with Crippen LogP contribution >= 0.6 is 0 Å². The maximum absolute atomic E-state index is 12.1. The van der Waals surface area contributed by atoms with Gasteiger partial charge in [0.2, 0.25) is 11.8 Å². The molecule has 1 heterocycles. The van der Waals surface area contributed by atoms with Crippen molar-refractivity contribution in [3.63, 3.8) is 0 Å². The monoisotopic (exact) mass is 237 g/mol. The minimum absolute atomic E-state index is 0.0411. The Morgan fingerprint density at radius 3 is 2.18 bits per heavy atom.